The Kier molecular flexibility index (Phi) is 6.20. The molecule has 0 aliphatic heterocycles. The number of amides is 1. The van der Waals surface area contributed by atoms with Crippen LogP contribution >= 0.6 is 23.2 Å². The zero-order valence-corrected chi connectivity index (χ0v) is 17.2. The van der Waals surface area contributed by atoms with E-state index in [1.807, 2.05) is 0 Å². The van der Waals surface area contributed by atoms with Crippen LogP contribution in [0, 0.1) is 0 Å². The Balaban J connectivity index is 2.21. The Labute approximate surface area is 176 Å². The SMILES string of the molecule is CC(C)NC(=O)c1nn(-c2ccc(Cl)cc2)c(=O)n(Cc2cccc(Cl)c2)c1=O. The fourth-order valence-corrected chi connectivity index (χ4v) is 3.03. The lowest BCUT2D eigenvalue weighted by molar-refractivity contribution is 0.0933. The number of nitrogens with zero attached hydrogens (tertiary/aromatic N) is 3. The molecule has 0 atom stereocenters. The molecule has 2 aromatic carbocycles. The molecule has 0 bridgehead atoms. The fourth-order valence-electron chi connectivity index (χ4n) is 2.70. The molecule has 150 valence electrons. The Hall–Kier alpha value is -2.90. The Morgan fingerprint density at radius 1 is 1.07 bits per heavy atom. The molecule has 0 fully saturated rings. The van der Waals surface area contributed by atoms with Gasteiger partial charge in [0.15, 0.2) is 0 Å². The molecule has 0 saturated heterocycles. The predicted octanol–water partition coefficient (Wildman–Crippen LogP) is 2.89. The number of carbonyl (C=O) groups is 1. The molecule has 1 amide bonds. The van der Waals surface area contributed by atoms with Crippen LogP contribution in [0.25, 0.3) is 5.69 Å². The molecule has 0 saturated carbocycles. The highest BCUT2D eigenvalue weighted by molar-refractivity contribution is 6.30. The lowest BCUT2D eigenvalue weighted by Gasteiger charge is -2.13. The zero-order valence-electron chi connectivity index (χ0n) is 15.7. The van der Waals surface area contributed by atoms with E-state index in [-0.39, 0.29) is 18.3 Å². The highest BCUT2D eigenvalue weighted by atomic mass is 35.5. The van der Waals surface area contributed by atoms with E-state index in [0.717, 1.165) is 9.25 Å². The fraction of sp³-hybridized carbons (Fsp3) is 0.200. The zero-order chi connectivity index (χ0) is 21.1. The van der Waals surface area contributed by atoms with E-state index in [0.29, 0.717) is 21.3 Å². The van der Waals surface area contributed by atoms with Gasteiger partial charge in [0.05, 0.1) is 12.2 Å². The summed E-state index contributed by atoms with van der Waals surface area (Å²) in [4.78, 5) is 38.5. The summed E-state index contributed by atoms with van der Waals surface area (Å²) in [5, 5.41) is 7.62. The lowest BCUT2D eigenvalue weighted by Crippen LogP contribution is -2.46. The van der Waals surface area contributed by atoms with Crippen LogP contribution in [0.2, 0.25) is 10.0 Å². The molecule has 7 nitrogen and oxygen atoms in total. The van der Waals surface area contributed by atoms with E-state index in [4.69, 9.17) is 23.2 Å². The Morgan fingerprint density at radius 3 is 2.38 bits per heavy atom. The molecule has 3 rings (SSSR count). The van der Waals surface area contributed by atoms with Crippen molar-refractivity contribution in [2.45, 2.75) is 26.4 Å². The minimum absolute atomic E-state index is 0.0592. The molecular weight excluding hydrogens is 415 g/mol. The highest BCUT2D eigenvalue weighted by Gasteiger charge is 2.21. The molecule has 0 unspecified atom stereocenters. The van der Waals surface area contributed by atoms with Crippen LogP contribution in [-0.2, 0) is 6.54 Å². The third-order valence-electron chi connectivity index (χ3n) is 4.00. The summed E-state index contributed by atoms with van der Waals surface area (Å²) in [6.07, 6.45) is 0. The monoisotopic (exact) mass is 432 g/mol. The second-order valence-electron chi connectivity index (χ2n) is 6.67. The van der Waals surface area contributed by atoms with Gasteiger partial charge in [0.1, 0.15) is 0 Å². The van der Waals surface area contributed by atoms with Crippen LogP contribution in [0.4, 0.5) is 0 Å². The number of nitrogens with one attached hydrogen (secondary N) is 1. The van der Waals surface area contributed by atoms with E-state index in [1.54, 1.807) is 62.4 Å². The molecule has 0 spiro atoms. The maximum Gasteiger partial charge on any atom is 0.352 e. The first kappa shape index (κ1) is 20.8. The summed E-state index contributed by atoms with van der Waals surface area (Å²) in [6, 6.07) is 12.9. The number of benzene rings is 2. The van der Waals surface area contributed by atoms with Crippen LogP contribution in [0.1, 0.15) is 29.9 Å². The van der Waals surface area contributed by atoms with Gasteiger partial charge in [0.25, 0.3) is 11.5 Å². The topological polar surface area (TPSA) is 86.0 Å². The number of hydrogen-bond donors (Lipinski definition) is 1. The largest absolute Gasteiger partial charge is 0.352 e. The van der Waals surface area contributed by atoms with Crippen molar-refractivity contribution in [3.8, 4) is 5.69 Å². The molecule has 1 heterocycles. The molecule has 0 aliphatic carbocycles. The van der Waals surface area contributed by atoms with Crippen molar-refractivity contribution in [3.05, 3.63) is 90.7 Å². The maximum absolute atomic E-state index is 13.0. The summed E-state index contributed by atoms with van der Waals surface area (Å²) in [5.74, 6) is -0.660. The molecule has 9 heteroatoms. The molecule has 29 heavy (non-hydrogen) atoms. The van der Waals surface area contributed by atoms with Crippen LogP contribution in [0.3, 0.4) is 0 Å². The molecule has 1 N–H and O–H groups in total. The van der Waals surface area contributed by atoms with Crippen molar-refractivity contribution in [1.29, 1.82) is 0 Å². The molecular formula is C20H18Cl2N4O3. The van der Waals surface area contributed by atoms with Gasteiger partial charge in [-0.05, 0) is 55.8 Å². The number of carbonyl (C=O) groups excluding carboxylic acids is 1. The van der Waals surface area contributed by atoms with Gasteiger partial charge in [0, 0.05) is 16.1 Å². The summed E-state index contributed by atoms with van der Waals surface area (Å²) in [6.45, 7) is 3.46. The van der Waals surface area contributed by atoms with Gasteiger partial charge in [-0.1, -0.05) is 35.3 Å². The number of hydrogen-bond acceptors (Lipinski definition) is 4. The van der Waals surface area contributed by atoms with Gasteiger partial charge in [0.2, 0.25) is 5.69 Å². The smallest absolute Gasteiger partial charge is 0.348 e. The first-order valence-electron chi connectivity index (χ1n) is 8.81. The van der Waals surface area contributed by atoms with Gasteiger partial charge < -0.3 is 5.32 Å². The molecule has 0 aliphatic rings. The van der Waals surface area contributed by atoms with Gasteiger partial charge in [-0.3, -0.25) is 14.2 Å². The van der Waals surface area contributed by atoms with E-state index in [9.17, 15) is 14.4 Å². The Morgan fingerprint density at radius 2 is 1.76 bits per heavy atom. The van der Waals surface area contributed by atoms with Gasteiger partial charge in [-0.25, -0.2) is 4.79 Å². The van der Waals surface area contributed by atoms with E-state index < -0.39 is 17.2 Å². The van der Waals surface area contributed by atoms with Crippen LogP contribution < -0.4 is 16.6 Å². The van der Waals surface area contributed by atoms with Crippen molar-refractivity contribution in [1.82, 2.24) is 19.7 Å². The van der Waals surface area contributed by atoms with Crippen molar-refractivity contribution >= 4 is 29.1 Å². The summed E-state index contributed by atoms with van der Waals surface area (Å²) in [7, 11) is 0. The maximum atomic E-state index is 13.0. The lowest BCUT2D eigenvalue weighted by atomic mass is 10.2. The average molecular weight is 433 g/mol. The first-order valence-corrected chi connectivity index (χ1v) is 9.57. The second-order valence-corrected chi connectivity index (χ2v) is 7.54. The second kappa shape index (κ2) is 8.63. The third kappa shape index (κ3) is 4.75. The molecule has 0 radical (unpaired) electrons. The highest BCUT2D eigenvalue weighted by Crippen LogP contribution is 2.12. The minimum Gasteiger partial charge on any atom is -0.348 e. The van der Waals surface area contributed by atoms with E-state index in [2.05, 4.69) is 10.4 Å². The molecule has 1 aromatic heterocycles. The quantitative estimate of drug-likeness (QED) is 0.671. The van der Waals surface area contributed by atoms with Crippen LogP contribution in [0.5, 0.6) is 0 Å². The third-order valence-corrected chi connectivity index (χ3v) is 4.48. The summed E-state index contributed by atoms with van der Waals surface area (Å²) in [5.41, 5.74) is -0.828. The minimum atomic E-state index is -0.779. The van der Waals surface area contributed by atoms with Crippen molar-refractivity contribution in [2.75, 3.05) is 0 Å². The number of aromatic nitrogens is 3. The standard InChI is InChI=1S/C20H18Cl2N4O3/c1-12(2)23-18(27)17-19(28)25(11-13-4-3-5-15(22)10-13)20(29)26(24-17)16-8-6-14(21)7-9-16/h3-10,12H,11H2,1-2H3,(H,23,27). The first-order chi connectivity index (χ1) is 13.8. The number of halogens is 2. The van der Waals surface area contributed by atoms with E-state index >= 15 is 0 Å². The van der Waals surface area contributed by atoms with Crippen molar-refractivity contribution in [2.24, 2.45) is 0 Å². The molecule has 3 aromatic rings. The number of rotatable bonds is 5. The van der Waals surface area contributed by atoms with Crippen LogP contribution in [-0.4, -0.2) is 26.3 Å². The van der Waals surface area contributed by atoms with Crippen molar-refractivity contribution < 1.29 is 4.79 Å². The normalized spacial score (nSPS) is 10.9. The van der Waals surface area contributed by atoms with Gasteiger partial charge in [-0.2, -0.15) is 9.78 Å². The summed E-state index contributed by atoms with van der Waals surface area (Å²) >= 11 is 11.9. The predicted molar refractivity (Wildman–Crippen MR) is 112 cm³/mol. The average Bonchev–Trinajstić information content (AvgIpc) is 2.65. The van der Waals surface area contributed by atoms with Gasteiger partial charge in [-0.15, -0.1) is 0 Å². The van der Waals surface area contributed by atoms with Gasteiger partial charge >= 0.3 is 5.69 Å². The van der Waals surface area contributed by atoms with Crippen molar-refractivity contribution in [3.63, 3.8) is 0 Å². The van der Waals surface area contributed by atoms with Crippen LogP contribution in [0.15, 0.2) is 58.1 Å². The Bertz CT molecular complexity index is 1170. The van der Waals surface area contributed by atoms with E-state index in [1.165, 1.54) is 0 Å². The summed E-state index contributed by atoms with van der Waals surface area (Å²) < 4.78 is 1.97.